The maximum absolute atomic E-state index is 2.66. The topological polar surface area (TPSA) is 8.17 Å². The van der Waals surface area contributed by atoms with Gasteiger partial charge >= 0.3 is 0 Å². The first kappa shape index (κ1) is 32.7. The predicted molar refractivity (Wildman–Crippen MR) is 242 cm³/mol. The molecule has 9 aromatic rings. The highest BCUT2D eigenvalue weighted by molar-refractivity contribution is 6.19. The molecule has 1 spiro atoms. The number of nitrogens with zero attached hydrogens (tertiary/aromatic N) is 2. The molecule has 1 heterocycles. The van der Waals surface area contributed by atoms with Gasteiger partial charge in [0.2, 0.25) is 0 Å². The molecule has 0 saturated heterocycles. The third kappa shape index (κ3) is 4.49. The van der Waals surface area contributed by atoms with Gasteiger partial charge in [0, 0.05) is 33.1 Å². The summed E-state index contributed by atoms with van der Waals surface area (Å²) in [4.78, 5) is 2.61. The van der Waals surface area contributed by atoms with Gasteiger partial charge in [0.15, 0.2) is 0 Å². The summed E-state index contributed by atoms with van der Waals surface area (Å²) in [5.74, 6) is 3.20. The predicted octanol–water partition coefficient (Wildman–Crippen LogP) is 14.8. The Balaban J connectivity index is 1.12. The van der Waals surface area contributed by atoms with Gasteiger partial charge in [-0.3, -0.25) is 0 Å². The van der Waals surface area contributed by atoms with E-state index in [2.05, 4.69) is 191 Å². The quantitative estimate of drug-likeness (QED) is 0.170. The van der Waals surface area contributed by atoms with E-state index < -0.39 is 0 Å². The SMILES string of the molecule is c1ccc(-c2ccccc2N(c2ccc3c(c2)C2(c4ccccc4-3)C3CC4CC(C3)CC2C4)c2cccc3c2c2cc4ccccc4cc2n3-c2ccccc2)cc1. The molecule has 14 rings (SSSR count). The minimum atomic E-state index is 0.0776. The Kier molecular flexibility index (Phi) is 6.94. The Morgan fingerprint density at radius 2 is 1.07 bits per heavy atom. The lowest BCUT2D eigenvalue weighted by molar-refractivity contribution is -0.0399. The van der Waals surface area contributed by atoms with E-state index in [-0.39, 0.29) is 5.41 Å². The van der Waals surface area contributed by atoms with Crippen LogP contribution >= 0.6 is 0 Å². The van der Waals surface area contributed by atoms with Gasteiger partial charge < -0.3 is 9.47 Å². The minimum absolute atomic E-state index is 0.0776. The van der Waals surface area contributed by atoms with Crippen molar-refractivity contribution in [3.05, 3.63) is 193 Å². The summed E-state index contributed by atoms with van der Waals surface area (Å²) in [5, 5.41) is 5.04. The van der Waals surface area contributed by atoms with E-state index in [1.54, 1.807) is 11.1 Å². The molecule has 0 aliphatic heterocycles. The van der Waals surface area contributed by atoms with Gasteiger partial charge in [0.25, 0.3) is 0 Å². The molecule has 4 fully saturated rings. The number of hydrogen-bond acceptors (Lipinski definition) is 1. The van der Waals surface area contributed by atoms with Gasteiger partial charge in [-0.25, -0.2) is 0 Å². The summed E-state index contributed by atoms with van der Waals surface area (Å²) in [6.07, 6.45) is 6.95. The van der Waals surface area contributed by atoms with Crippen molar-refractivity contribution in [2.75, 3.05) is 4.90 Å². The lowest BCUT2D eigenvalue weighted by Gasteiger charge is -2.61. The first-order valence-electron chi connectivity index (χ1n) is 21.4. The van der Waals surface area contributed by atoms with Gasteiger partial charge in [-0.1, -0.05) is 127 Å². The van der Waals surface area contributed by atoms with E-state index in [4.69, 9.17) is 0 Å². The van der Waals surface area contributed by atoms with Crippen LogP contribution in [0.2, 0.25) is 0 Å². The van der Waals surface area contributed by atoms with Gasteiger partial charge in [-0.15, -0.1) is 0 Å². The summed E-state index contributed by atoms with van der Waals surface area (Å²) in [5.41, 5.74) is 15.9. The smallest absolute Gasteiger partial charge is 0.0562 e. The zero-order valence-electron chi connectivity index (χ0n) is 32.6. The molecule has 0 unspecified atom stereocenters. The maximum atomic E-state index is 2.66. The average molecular weight is 745 g/mol. The molecule has 8 aromatic carbocycles. The van der Waals surface area contributed by atoms with E-state index in [0.717, 1.165) is 11.8 Å². The standard InChI is InChI=1S/C56H44N2/c1-3-14-38(15-4-1)45-20-10-12-23-51(45)58(44-26-27-47-46-21-9-11-22-49(46)56(50(47)35-44)41-29-36-28-37(31-41)32-42(56)30-36)53-25-13-24-52-55(53)48-33-39-16-7-8-17-40(39)34-54(48)57(52)43-18-5-2-6-19-43/h1-27,33-37,41-42H,28-32H2. The summed E-state index contributed by atoms with van der Waals surface area (Å²) < 4.78 is 2.48. The molecule has 2 nitrogen and oxygen atoms in total. The minimum Gasteiger partial charge on any atom is -0.309 e. The highest BCUT2D eigenvalue weighted by atomic mass is 15.2. The second-order valence-electron chi connectivity index (χ2n) is 17.7. The van der Waals surface area contributed by atoms with Crippen LogP contribution in [-0.4, -0.2) is 4.57 Å². The number of para-hydroxylation sites is 2. The average Bonchev–Trinajstić information content (AvgIpc) is 3.75. The Morgan fingerprint density at radius 1 is 0.448 bits per heavy atom. The van der Waals surface area contributed by atoms with Crippen molar-refractivity contribution in [1.82, 2.24) is 4.57 Å². The molecular formula is C56H44N2. The fourth-order valence-corrected chi connectivity index (χ4v) is 13.0. The van der Waals surface area contributed by atoms with Gasteiger partial charge in [-0.2, -0.15) is 0 Å². The van der Waals surface area contributed by atoms with E-state index in [1.807, 2.05) is 0 Å². The van der Waals surface area contributed by atoms with E-state index >= 15 is 0 Å². The van der Waals surface area contributed by atoms with Gasteiger partial charge in [0.05, 0.1) is 22.4 Å². The summed E-state index contributed by atoms with van der Waals surface area (Å²) in [6.45, 7) is 0. The maximum Gasteiger partial charge on any atom is 0.0562 e. The van der Waals surface area contributed by atoms with Crippen LogP contribution in [0.3, 0.4) is 0 Å². The van der Waals surface area contributed by atoms with Crippen LogP contribution in [0.25, 0.3) is 60.5 Å². The molecule has 0 radical (unpaired) electrons. The van der Waals surface area contributed by atoms with Crippen LogP contribution in [-0.2, 0) is 5.41 Å². The Morgan fingerprint density at radius 3 is 1.84 bits per heavy atom. The second kappa shape index (κ2) is 12.3. The molecule has 278 valence electrons. The lowest BCUT2D eigenvalue weighted by atomic mass is 9.43. The summed E-state index contributed by atoms with van der Waals surface area (Å²) >= 11 is 0. The van der Waals surface area contributed by atoms with Crippen molar-refractivity contribution >= 4 is 49.6 Å². The number of anilines is 3. The molecule has 58 heavy (non-hydrogen) atoms. The molecule has 1 aromatic heterocycles. The normalized spacial score (nSPS) is 22.6. The highest BCUT2D eigenvalue weighted by Crippen LogP contribution is 2.69. The van der Waals surface area contributed by atoms with E-state index in [0.29, 0.717) is 11.8 Å². The molecule has 5 aliphatic rings. The van der Waals surface area contributed by atoms with Crippen LogP contribution in [0.4, 0.5) is 17.1 Å². The number of benzene rings is 8. The molecule has 0 amide bonds. The zero-order valence-corrected chi connectivity index (χ0v) is 32.6. The first-order valence-corrected chi connectivity index (χ1v) is 21.4. The molecule has 4 bridgehead atoms. The van der Waals surface area contributed by atoms with Crippen LogP contribution in [0.5, 0.6) is 0 Å². The fraction of sp³-hybridized carbons (Fsp3) is 0.179. The van der Waals surface area contributed by atoms with Crippen molar-refractivity contribution in [2.45, 2.75) is 37.5 Å². The van der Waals surface area contributed by atoms with Crippen molar-refractivity contribution in [3.63, 3.8) is 0 Å². The second-order valence-corrected chi connectivity index (χ2v) is 17.7. The van der Waals surface area contributed by atoms with Crippen molar-refractivity contribution < 1.29 is 0 Å². The molecule has 5 aliphatic carbocycles. The fourth-order valence-electron chi connectivity index (χ4n) is 13.0. The Labute approximate surface area is 340 Å². The number of fused-ring (bicyclic) bond motifs is 7. The van der Waals surface area contributed by atoms with Crippen LogP contribution in [0, 0.1) is 23.7 Å². The van der Waals surface area contributed by atoms with Crippen LogP contribution < -0.4 is 4.90 Å². The van der Waals surface area contributed by atoms with Gasteiger partial charge in [0.1, 0.15) is 0 Å². The Hall–Kier alpha value is -6.38. The molecular weight excluding hydrogens is 701 g/mol. The third-order valence-corrected chi connectivity index (χ3v) is 14.9. The highest BCUT2D eigenvalue weighted by Gasteiger charge is 2.61. The summed E-state index contributed by atoms with van der Waals surface area (Å²) in [7, 11) is 0. The molecule has 2 heteroatoms. The van der Waals surface area contributed by atoms with Crippen molar-refractivity contribution in [2.24, 2.45) is 23.7 Å². The number of aromatic nitrogens is 1. The zero-order chi connectivity index (χ0) is 38.0. The van der Waals surface area contributed by atoms with Crippen molar-refractivity contribution in [1.29, 1.82) is 0 Å². The number of hydrogen-bond donors (Lipinski definition) is 0. The number of rotatable bonds is 5. The van der Waals surface area contributed by atoms with E-state index in [1.165, 1.54) is 110 Å². The molecule has 4 saturated carbocycles. The summed E-state index contributed by atoms with van der Waals surface area (Å²) in [6, 6.07) is 68.6. The van der Waals surface area contributed by atoms with Crippen molar-refractivity contribution in [3.8, 4) is 27.9 Å². The van der Waals surface area contributed by atoms with Gasteiger partial charge in [-0.05, 0) is 149 Å². The molecule has 0 N–H and O–H groups in total. The largest absolute Gasteiger partial charge is 0.309 e. The molecule has 0 atom stereocenters. The third-order valence-electron chi connectivity index (χ3n) is 14.9. The lowest BCUT2D eigenvalue weighted by Crippen LogP contribution is -2.55. The Bertz CT molecular complexity index is 3050. The monoisotopic (exact) mass is 744 g/mol. The van der Waals surface area contributed by atoms with Crippen LogP contribution in [0.1, 0.15) is 43.2 Å². The van der Waals surface area contributed by atoms with Crippen LogP contribution in [0.15, 0.2) is 182 Å². The first-order chi connectivity index (χ1) is 28.7. The van der Waals surface area contributed by atoms with E-state index in [9.17, 15) is 0 Å².